The lowest BCUT2D eigenvalue weighted by Gasteiger charge is -2.34. The van der Waals surface area contributed by atoms with Crippen LogP contribution in [0.2, 0.25) is 0 Å². The Morgan fingerprint density at radius 2 is 1.77 bits per heavy atom. The Morgan fingerprint density at radius 1 is 1.03 bits per heavy atom. The highest BCUT2D eigenvalue weighted by atomic mass is 32.2. The number of anilines is 1. The van der Waals surface area contributed by atoms with Crippen molar-refractivity contribution in [3.05, 3.63) is 53.2 Å². The predicted octanol–water partition coefficient (Wildman–Crippen LogP) is 0.586. The molecule has 4 rings (SSSR count). The molecule has 30 heavy (non-hydrogen) atoms. The zero-order chi connectivity index (χ0) is 21.3. The molecule has 0 radical (unpaired) electrons. The van der Waals surface area contributed by atoms with E-state index >= 15 is 0 Å². The number of carbonyl (C=O) groups excluding carboxylic acids is 2. The SMILES string of the molecule is CCN1CCN(c2ccc(CNS(=O)(=O)c3ccc4c(c3)C(=O)NC4=O)cn2)CC1. The van der Waals surface area contributed by atoms with Gasteiger partial charge in [-0.15, -0.1) is 0 Å². The van der Waals surface area contributed by atoms with Gasteiger partial charge >= 0.3 is 0 Å². The Hall–Kier alpha value is -2.82. The fourth-order valence-electron chi connectivity index (χ4n) is 3.58. The van der Waals surface area contributed by atoms with Crippen molar-refractivity contribution >= 4 is 27.7 Å². The fraction of sp³-hybridized carbons (Fsp3) is 0.350. The minimum atomic E-state index is -3.85. The standard InChI is InChI=1S/C20H23N5O4S/c1-2-24-7-9-25(10-8-24)18-6-3-14(12-21-18)13-22-30(28,29)15-4-5-16-17(11-15)20(27)23-19(16)26/h3-6,11-12,22H,2,7-10,13H2,1H3,(H,23,26,27). The molecule has 0 aliphatic carbocycles. The van der Waals surface area contributed by atoms with Gasteiger partial charge in [0, 0.05) is 38.9 Å². The van der Waals surface area contributed by atoms with E-state index in [4.69, 9.17) is 0 Å². The van der Waals surface area contributed by atoms with Gasteiger partial charge in [0.1, 0.15) is 5.82 Å². The highest BCUT2D eigenvalue weighted by Crippen LogP contribution is 2.20. The van der Waals surface area contributed by atoms with Gasteiger partial charge in [-0.2, -0.15) is 0 Å². The summed E-state index contributed by atoms with van der Waals surface area (Å²) in [6, 6.07) is 7.63. The first-order valence-corrected chi connectivity index (χ1v) is 11.3. The molecular formula is C20H23N5O4S. The number of hydrogen-bond acceptors (Lipinski definition) is 7. The van der Waals surface area contributed by atoms with E-state index in [2.05, 4.69) is 31.7 Å². The molecule has 9 nitrogen and oxygen atoms in total. The molecule has 2 aromatic rings. The van der Waals surface area contributed by atoms with Crippen molar-refractivity contribution < 1.29 is 18.0 Å². The number of sulfonamides is 1. The number of pyridine rings is 1. The number of carbonyl (C=O) groups is 2. The molecule has 158 valence electrons. The smallest absolute Gasteiger partial charge is 0.258 e. The van der Waals surface area contributed by atoms with E-state index in [0.29, 0.717) is 0 Å². The lowest BCUT2D eigenvalue weighted by Crippen LogP contribution is -2.46. The number of aromatic nitrogens is 1. The number of piperazine rings is 1. The van der Waals surface area contributed by atoms with Gasteiger partial charge in [0.25, 0.3) is 11.8 Å². The van der Waals surface area contributed by atoms with Crippen LogP contribution in [-0.4, -0.2) is 62.8 Å². The largest absolute Gasteiger partial charge is 0.354 e. The van der Waals surface area contributed by atoms with E-state index in [-0.39, 0.29) is 22.6 Å². The molecule has 1 saturated heterocycles. The van der Waals surface area contributed by atoms with Crippen LogP contribution in [-0.2, 0) is 16.6 Å². The number of benzene rings is 1. The second-order valence-electron chi connectivity index (χ2n) is 7.26. The molecular weight excluding hydrogens is 406 g/mol. The molecule has 0 spiro atoms. The van der Waals surface area contributed by atoms with Crippen LogP contribution < -0.4 is 14.9 Å². The van der Waals surface area contributed by atoms with Crippen LogP contribution in [0.1, 0.15) is 33.2 Å². The third-order valence-electron chi connectivity index (χ3n) is 5.44. The second kappa shape index (κ2) is 8.13. The summed E-state index contributed by atoms with van der Waals surface area (Å²) in [6.07, 6.45) is 1.67. The molecule has 1 aromatic heterocycles. The molecule has 0 atom stereocenters. The van der Waals surface area contributed by atoms with E-state index in [1.165, 1.54) is 18.2 Å². The van der Waals surface area contributed by atoms with Crippen molar-refractivity contribution in [3.63, 3.8) is 0 Å². The Bertz CT molecular complexity index is 1080. The van der Waals surface area contributed by atoms with Crippen molar-refractivity contribution in [2.75, 3.05) is 37.6 Å². The minimum Gasteiger partial charge on any atom is -0.354 e. The van der Waals surface area contributed by atoms with Crippen molar-refractivity contribution in [1.29, 1.82) is 0 Å². The summed E-state index contributed by atoms with van der Waals surface area (Å²) >= 11 is 0. The summed E-state index contributed by atoms with van der Waals surface area (Å²) in [6.45, 7) is 7.12. The van der Waals surface area contributed by atoms with Crippen molar-refractivity contribution in [3.8, 4) is 0 Å². The number of imide groups is 1. The molecule has 0 bridgehead atoms. The zero-order valence-corrected chi connectivity index (χ0v) is 17.4. The predicted molar refractivity (Wildman–Crippen MR) is 111 cm³/mol. The van der Waals surface area contributed by atoms with Gasteiger partial charge in [0.2, 0.25) is 10.0 Å². The van der Waals surface area contributed by atoms with Gasteiger partial charge in [-0.25, -0.2) is 18.1 Å². The topological polar surface area (TPSA) is 112 Å². The summed E-state index contributed by atoms with van der Waals surface area (Å²) in [5.74, 6) is -0.229. The number of fused-ring (bicyclic) bond motifs is 1. The molecule has 0 unspecified atom stereocenters. The van der Waals surface area contributed by atoms with Crippen LogP contribution in [0, 0.1) is 0 Å². The first-order valence-electron chi connectivity index (χ1n) is 9.79. The van der Waals surface area contributed by atoms with Crippen LogP contribution in [0.15, 0.2) is 41.4 Å². The summed E-state index contributed by atoms with van der Waals surface area (Å²) < 4.78 is 27.7. The third kappa shape index (κ3) is 4.07. The molecule has 2 aliphatic heterocycles. The van der Waals surface area contributed by atoms with Gasteiger partial charge < -0.3 is 9.80 Å². The van der Waals surface area contributed by atoms with Crippen LogP contribution in [0.4, 0.5) is 5.82 Å². The normalized spacial score (nSPS) is 17.2. The Morgan fingerprint density at radius 3 is 2.43 bits per heavy atom. The molecule has 0 saturated carbocycles. The summed E-state index contributed by atoms with van der Waals surface area (Å²) in [5, 5.41) is 2.15. The molecule has 10 heteroatoms. The third-order valence-corrected chi connectivity index (χ3v) is 6.84. The van der Waals surface area contributed by atoms with E-state index in [0.717, 1.165) is 44.1 Å². The van der Waals surface area contributed by atoms with Gasteiger partial charge in [-0.05, 0) is 36.4 Å². The summed E-state index contributed by atoms with van der Waals surface area (Å²) in [5.41, 5.74) is 0.971. The van der Waals surface area contributed by atoms with Crippen molar-refractivity contribution in [2.45, 2.75) is 18.4 Å². The van der Waals surface area contributed by atoms with Crippen molar-refractivity contribution in [2.24, 2.45) is 0 Å². The van der Waals surface area contributed by atoms with Crippen molar-refractivity contribution in [1.82, 2.24) is 19.9 Å². The molecule has 1 fully saturated rings. The Balaban J connectivity index is 1.40. The summed E-state index contributed by atoms with van der Waals surface area (Å²) in [7, 11) is -3.85. The average Bonchev–Trinajstić information content (AvgIpc) is 3.06. The van der Waals surface area contributed by atoms with E-state index < -0.39 is 21.8 Å². The van der Waals surface area contributed by atoms with E-state index in [1.807, 2.05) is 12.1 Å². The van der Waals surface area contributed by atoms with Gasteiger partial charge in [-0.1, -0.05) is 13.0 Å². The molecule has 3 heterocycles. The van der Waals surface area contributed by atoms with E-state index in [9.17, 15) is 18.0 Å². The van der Waals surface area contributed by atoms with Crippen LogP contribution >= 0.6 is 0 Å². The molecule has 2 N–H and O–H groups in total. The second-order valence-corrected chi connectivity index (χ2v) is 9.03. The van der Waals surface area contributed by atoms with Crippen LogP contribution in [0.3, 0.4) is 0 Å². The van der Waals surface area contributed by atoms with Gasteiger partial charge in [-0.3, -0.25) is 14.9 Å². The average molecular weight is 430 g/mol. The fourth-order valence-corrected chi connectivity index (χ4v) is 4.62. The highest BCUT2D eigenvalue weighted by Gasteiger charge is 2.28. The maximum Gasteiger partial charge on any atom is 0.258 e. The quantitative estimate of drug-likeness (QED) is 0.646. The van der Waals surface area contributed by atoms with Crippen LogP contribution in [0.5, 0.6) is 0 Å². The van der Waals surface area contributed by atoms with Gasteiger partial charge in [0.05, 0.1) is 16.0 Å². The first kappa shape index (κ1) is 20.5. The lowest BCUT2D eigenvalue weighted by molar-refractivity contribution is 0.0879. The Labute approximate surface area is 175 Å². The van der Waals surface area contributed by atoms with E-state index in [1.54, 1.807) is 6.20 Å². The number of hydrogen-bond donors (Lipinski definition) is 2. The number of nitrogens with one attached hydrogen (secondary N) is 2. The maximum atomic E-state index is 12.6. The minimum absolute atomic E-state index is 0.0653. The number of rotatable bonds is 6. The monoisotopic (exact) mass is 429 g/mol. The molecule has 1 aromatic carbocycles. The number of nitrogens with zero attached hydrogens (tertiary/aromatic N) is 3. The van der Waals surface area contributed by atoms with Gasteiger partial charge in [0.15, 0.2) is 0 Å². The number of likely N-dealkylation sites (N-methyl/N-ethyl adjacent to an activating group) is 1. The van der Waals surface area contributed by atoms with Crippen LogP contribution in [0.25, 0.3) is 0 Å². The highest BCUT2D eigenvalue weighted by molar-refractivity contribution is 7.89. The number of amides is 2. The first-order chi connectivity index (χ1) is 14.4. The lowest BCUT2D eigenvalue weighted by atomic mass is 10.1. The molecule has 2 aliphatic rings. The summed E-state index contributed by atoms with van der Waals surface area (Å²) in [4.78, 5) is 32.4. The zero-order valence-electron chi connectivity index (χ0n) is 16.6. The molecule has 2 amide bonds. The Kier molecular flexibility index (Phi) is 5.54. The maximum absolute atomic E-state index is 12.6.